The maximum atomic E-state index is 13.8. The Balaban J connectivity index is 2.22. The average molecular weight is 288 g/mol. The Bertz CT molecular complexity index is 598. The van der Waals surface area contributed by atoms with Gasteiger partial charge in [-0.05, 0) is 25.3 Å². The SMILES string of the molecule is O=C(O)c1ccncc1S(=O)(=O)NCC1(F)CCC1. The van der Waals surface area contributed by atoms with Crippen LogP contribution in [0.25, 0.3) is 0 Å². The lowest BCUT2D eigenvalue weighted by molar-refractivity contribution is 0.0692. The fourth-order valence-electron chi connectivity index (χ4n) is 1.81. The highest BCUT2D eigenvalue weighted by molar-refractivity contribution is 7.89. The number of sulfonamides is 1. The number of carboxylic acids is 1. The molecule has 1 aliphatic carbocycles. The second-order valence-electron chi connectivity index (χ2n) is 4.51. The molecule has 1 aliphatic rings. The van der Waals surface area contributed by atoms with Crippen LogP contribution in [0.1, 0.15) is 29.6 Å². The number of pyridine rings is 1. The van der Waals surface area contributed by atoms with E-state index >= 15 is 0 Å². The molecule has 2 N–H and O–H groups in total. The van der Waals surface area contributed by atoms with Crippen molar-refractivity contribution in [2.45, 2.75) is 29.8 Å². The summed E-state index contributed by atoms with van der Waals surface area (Å²) >= 11 is 0. The van der Waals surface area contributed by atoms with E-state index in [4.69, 9.17) is 5.11 Å². The van der Waals surface area contributed by atoms with E-state index in [0.29, 0.717) is 12.8 Å². The standard InChI is InChI=1S/C11H13FN2O4S/c12-11(3-1-4-11)7-14-19(17,18)9-6-13-5-2-8(9)10(15)16/h2,5-6,14H,1,3-4,7H2,(H,15,16). The first-order valence-corrected chi connectivity index (χ1v) is 7.18. The van der Waals surface area contributed by atoms with Gasteiger partial charge in [0.05, 0.1) is 5.56 Å². The van der Waals surface area contributed by atoms with Gasteiger partial charge in [0.15, 0.2) is 0 Å². The van der Waals surface area contributed by atoms with Gasteiger partial charge in [0.1, 0.15) is 10.6 Å². The molecule has 0 bridgehead atoms. The molecule has 1 saturated carbocycles. The lowest BCUT2D eigenvalue weighted by atomic mass is 9.82. The predicted octanol–water partition coefficient (Wildman–Crippen LogP) is 0.950. The Morgan fingerprint density at radius 2 is 2.21 bits per heavy atom. The molecule has 1 fully saturated rings. The van der Waals surface area contributed by atoms with Crippen LogP contribution in [0, 0.1) is 0 Å². The highest BCUT2D eigenvalue weighted by Crippen LogP contribution is 2.35. The quantitative estimate of drug-likeness (QED) is 0.841. The van der Waals surface area contributed by atoms with E-state index in [1.54, 1.807) is 0 Å². The number of aromatic carboxylic acids is 1. The second kappa shape index (κ2) is 4.86. The number of carbonyl (C=O) groups is 1. The van der Waals surface area contributed by atoms with E-state index in [9.17, 15) is 17.6 Å². The summed E-state index contributed by atoms with van der Waals surface area (Å²) in [4.78, 5) is 14.1. The van der Waals surface area contributed by atoms with Gasteiger partial charge in [-0.1, -0.05) is 0 Å². The normalized spacial score (nSPS) is 17.7. The third kappa shape index (κ3) is 2.90. The Morgan fingerprint density at radius 3 is 2.74 bits per heavy atom. The smallest absolute Gasteiger partial charge is 0.337 e. The summed E-state index contributed by atoms with van der Waals surface area (Å²) in [6.07, 6.45) is 3.48. The average Bonchev–Trinajstić information content (AvgIpc) is 2.34. The molecule has 8 heteroatoms. The second-order valence-corrected chi connectivity index (χ2v) is 6.24. The number of hydrogen-bond donors (Lipinski definition) is 2. The van der Waals surface area contributed by atoms with Crippen LogP contribution in [0.4, 0.5) is 4.39 Å². The Kier molecular flexibility index (Phi) is 3.55. The molecule has 2 rings (SSSR count). The Hall–Kier alpha value is -1.54. The summed E-state index contributed by atoms with van der Waals surface area (Å²) in [7, 11) is -4.08. The maximum Gasteiger partial charge on any atom is 0.337 e. The van der Waals surface area contributed by atoms with E-state index < -0.39 is 26.6 Å². The molecule has 0 aromatic carbocycles. The molecule has 0 unspecified atom stereocenters. The zero-order valence-electron chi connectivity index (χ0n) is 9.97. The number of hydrogen-bond acceptors (Lipinski definition) is 4. The zero-order valence-corrected chi connectivity index (χ0v) is 10.8. The van der Waals surface area contributed by atoms with Crippen LogP contribution in [0.2, 0.25) is 0 Å². The monoisotopic (exact) mass is 288 g/mol. The minimum Gasteiger partial charge on any atom is -0.478 e. The predicted molar refractivity (Wildman–Crippen MR) is 64.1 cm³/mol. The van der Waals surface area contributed by atoms with E-state index in [-0.39, 0.29) is 12.1 Å². The van der Waals surface area contributed by atoms with Gasteiger partial charge in [-0.3, -0.25) is 4.98 Å². The Morgan fingerprint density at radius 1 is 1.53 bits per heavy atom. The number of aromatic nitrogens is 1. The lowest BCUT2D eigenvalue weighted by Crippen LogP contribution is -2.44. The molecule has 1 aromatic rings. The molecule has 1 aromatic heterocycles. The molecule has 0 atom stereocenters. The van der Waals surface area contributed by atoms with Crippen molar-refractivity contribution in [3.63, 3.8) is 0 Å². The maximum absolute atomic E-state index is 13.8. The zero-order chi connectivity index (χ0) is 14.1. The van der Waals surface area contributed by atoms with Gasteiger partial charge in [0.2, 0.25) is 10.0 Å². The van der Waals surface area contributed by atoms with Crippen LogP contribution >= 0.6 is 0 Å². The van der Waals surface area contributed by atoms with Crippen molar-refractivity contribution >= 4 is 16.0 Å². The van der Waals surface area contributed by atoms with Gasteiger partial charge < -0.3 is 5.11 Å². The molecule has 0 aliphatic heterocycles. The Labute approximate surface area is 109 Å². The van der Waals surface area contributed by atoms with Crippen LogP contribution in [-0.4, -0.2) is 36.7 Å². The van der Waals surface area contributed by atoms with Gasteiger partial charge >= 0.3 is 5.97 Å². The third-order valence-corrected chi connectivity index (χ3v) is 4.56. The van der Waals surface area contributed by atoms with E-state index in [2.05, 4.69) is 9.71 Å². The van der Waals surface area contributed by atoms with Gasteiger partial charge in [-0.25, -0.2) is 22.3 Å². The minimum atomic E-state index is -4.08. The van der Waals surface area contributed by atoms with Crippen molar-refractivity contribution < 1.29 is 22.7 Å². The first-order valence-electron chi connectivity index (χ1n) is 5.70. The fourth-order valence-corrected chi connectivity index (χ4v) is 3.06. The van der Waals surface area contributed by atoms with Crippen molar-refractivity contribution in [1.29, 1.82) is 0 Å². The molecule has 6 nitrogen and oxygen atoms in total. The molecule has 104 valence electrons. The summed E-state index contributed by atoms with van der Waals surface area (Å²) in [6.45, 7) is -0.344. The van der Waals surface area contributed by atoms with Crippen LogP contribution in [0.3, 0.4) is 0 Å². The number of halogens is 1. The number of nitrogens with zero attached hydrogens (tertiary/aromatic N) is 1. The van der Waals surface area contributed by atoms with E-state index in [1.807, 2.05) is 0 Å². The summed E-state index contributed by atoms with van der Waals surface area (Å²) in [5, 5.41) is 8.92. The van der Waals surface area contributed by atoms with E-state index in [1.165, 1.54) is 6.20 Å². The lowest BCUT2D eigenvalue weighted by Gasteiger charge is -2.33. The number of nitrogens with one attached hydrogen (secondary N) is 1. The van der Waals surface area contributed by atoms with Crippen LogP contribution in [-0.2, 0) is 10.0 Å². The van der Waals surface area contributed by atoms with Gasteiger partial charge in [-0.15, -0.1) is 0 Å². The van der Waals surface area contributed by atoms with Crippen molar-refractivity contribution in [2.75, 3.05) is 6.54 Å². The van der Waals surface area contributed by atoms with Crippen molar-refractivity contribution in [3.8, 4) is 0 Å². The topological polar surface area (TPSA) is 96.4 Å². The summed E-state index contributed by atoms with van der Waals surface area (Å²) in [6, 6.07) is 1.09. The highest BCUT2D eigenvalue weighted by Gasteiger charge is 2.38. The number of carboxylic acid groups (broad SMARTS) is 1. The molecular formula is C11H13FN2O4S. The first kappa shape index (κ1) is 13.9. The highest BCUT2D eigenvalue weighted by atomic mass is 32.2. The number of alkyl halides is 1. The molecule has 19 heavy (non-hydrogen) atoms. The molecule has 0 radical (unpaired) electrons. The van der Waals surface area contributed by atoms with Gasteiger partial charge in [-0.2, -0.15) is 0 Å². The minimum absolute atomic E-state index is 0.314. The number of rotatable bonds is 5. The van der Waals surface area contributed by atoms with E-state index in [0.717, 1.165) is 18.7 Å². The van der Waals surface area contributed by atoms with Crippen molar-refractivity contribution in [2.24, 2.45) is 0 Å². The summed E-state index contributed by atoms with van der Waals surface area (Å²) in [5.41, 5.74) is -1.90. The summed E-state index contributed by atoms with van der Waals surface area (Å²) in [5.74, 6) is -1.37. The first-order chi connectivity index (χ1) is 8.84. The molecule has 0 spiro atoms. The molecule has 0 saturated heterocycles. The van der Waals surface area contributed by atoms with Crippen LogP contribution in [0.5, 0.6) is 0 Å². The van der Waals surface area contributed by atoms with Gasteiger partial charge in [0.25, 0.3) is 0 Å². The molecular weight excluding hydrogens is 275 g/mol. The molecule has 1 heterocycles. The summed E-state index contributed by atoms with van der Waals surface area (Å²) < 4.78 is 39.8. The van der Waals surface area contributed by atoms with Crippen LogP contribution < -0.4 is 4.72 Å². The van der Waals surface area contributed by atoms with Crippen LogP contribution in [0.15, 0.2) is 23.4 Å². The van der Waals surface area contributed by atoms with Gasteiger partial charge in [0, 0.05) is 18.9 Å². The fraction of sp³-hybridized carbons (Fsp3) is 0.455. The largest absolute Gasteiger partial charge is 0.478 e. The molecule has 0 amide bonds. The third-order valence-electron chi connectivity index (χ3n) is 3.13. The van der Waals surface area contributed by atoms with Crippen molar-refractivity contribution in [3.05, 3.63) is 24.0 Å². The van der Waals surface area contributed by atoms with Crippen molar-refractivity contribution in [1.82, 2.24) is 9.71 Å².